The lowest BCUT2D eigenvalue weighted by Crippen LogP contribution is -2.09. The number of nitrogens with zero attached hydrogens (tertiary/aromatic N) is 1. The first-order chi connectivity index (χ1) is 13.5. The maximum atomic E-state index is 13.6. The highest BCUT2D eigenvalue weighted by atomic mass is 19.1. The highest BCUT2D eigenvalue weighted by molar-refractivity contribution is 5.82. The van der Waals surface area contributed by atoms with Crippen molar-refractivity contribution in [3.05, 3.63) is 72.2 Å². The zero-order chi connectivity index (χ0) is 20.1. The molecule has 0 fully saturated rings. The van der Waals surface area contributed by atoms with Crippen molar-refractivity contribution >= 4 is 0 Å². The fraction of sp³-hybridized carbons (Fsp3) is 0.385. The predicted molar refractivity (Wildman–Crippen MR) is 118 cm³/mol. The Hall–Kier alpha value is -2.35. The number of hydrogen-bond acceptors (Lipinski definition) is 0. The van der Waals surface area contributed by atoms with Gasteiger partial charge in [0.1, 0.15) is 5.82 Å². The normalized spacial score (nSPS) is 12.5. The molecule has 0 aliphatic carbocycles. The topological polar surface area (TPSA) is 4.93 Å². The van der Waals surface area contributed by atoms with Gasteiger partial charge in [0.15, 0.2) is 0 Å². The Bertz CT molecular complexity index is 875. The quantitative estimate of drug-likeness (QED) is 0.381. The van der Waals surface area contributed by atoms with E-state index in [2.05, 4.69) is 62.6 Å². The highest BCUT2D eigenvalue weighted by Crippen LogP contribution is 2.36. The molecule has 1 aromatic heterocycles. The summed E-state index contributed by atoms with van der Waals surface area (Å²) in [7, 11) is 0. The molecule has 1 unspecified atom stereocenters. The van der Waals surface area contributed by atoms with E-state index in [-0.39, 0.29) is 5.82 Å². The average molecular weight is 378 g/mol. The van der Waals surface area contributed by atoms with Crippen LogP contribution in [0.25, 0.3) is 22.4 Å². The monoisotopic (exact) mass is 377 g/mol. The average Bonchev–Trinajstić information content (AvgIpc) is 3.06. The third-order valence-electron chi connectivity index (χ3n) is 5.47. The first-order valence-electron chi connectivity index (χ1n) is 10.5. The van der Waals surface area contributed by atoms with Crippen LogP contribution in [0.3, 0.4) is 0 Å². The van der Waals surface area contributed by atoms with E-state index in [1.54, 1.807) is 12.1 Å². The van der Waals surface area contributed by atoms with Gasteiger partial charge in [0, 0.05) is 17.8 Å². The predicted octanol–water partition coefficient (Wildman–Crippen LogP) is 7.60. The number of hydrogen-bond donors (Lipinski definition) is 0. The lowest BCUT2D eigenvalue weighted by atomic mass is 9.96. The van der Waals surface area contributed by atoms with Gasteiger partial charge < -0.3 is 4.57 Å². The molecule has 3 aromatic rings. The van der Waals surface area contributed by atoms with Crippen LogP contribution >= 0.6 is 0 Å². The summed E-state index contributed by atoms with van der Waals surface area (Å²) in [6.45, 7) is 10.1. The van der Waals surface area contributed by atoms with Crippen LogP contribution in [-0.4, -0.2) is 4.57 Å². The van der Waals surface area contributed by atoms with Gasteiger partial charge in [-0.15, -0.1) is 0 Å². The minimum atomic E-state index is -0.190. The molecule has 2 heteroatoms. The largest absolute Gasteiger partial charge is 0.344 e. The Morgan fingerprint density at radius 1 is 0.893 bits per heavy atom. The van der Waals surface area contributed by atoms with Crippen LogP contribution in [0.5, 0.6) is 0 Å². The Morgan fingerprint density at radius 3 is 2.18 bits per heavy atom. The third-order valence-corrected chi connectivity index (χ3v) is 5.47. The van der Waals surface area contributed by atoms with Crippen molar-refractivity contribution in [2.24, 2.45) is 11.8 Å². The lowest BCUT2D eigenvalue weighted by molar-refractivity contribution is 0.392. The number of aryl methyl sites for hydroxylation is 1. The Balaban J connectivity index is 2.06. The summed E-state index contributed by atoms with van der Waals surface area (Å²) in [5, 5.41) is 0. The zero-order valence-corrected chi connectivity index (χ0v) is 17.6. The van der Waals surface area contributed by atoms with Gasteiger partial charge in [-0.3, -0.25) is 0 Å². The molecular weight excluding hydrogens is 345 g/mol. The van der Waals surface area contributed by atoms with Gasteiger partial charge >= 0.3 is 0 Å². The van der Waals surface area contributed by atoms with Crippen molar-refractivity contribution in [3.63, 3.8) is 0 Å². The minimum Gasteiger partial charge on any atom is -0.344 e. The van der Waals surface area contributed by atoms with E-state index in [9.17, 15) is 4.39 Å². The van der Waals surface area contributed by atoms with Gasteiger partial charge in [-0.25, -0.2) is 4.39 Å². The molecule has 0 radical (unpaired) electrons. The molecule has 0 saturated heterocycles. The first-order valence-corrected chi connectivity index (χ1v) is 10.5. The summed E-state index contributed by atoms with van der Waals surface area (Å²) in [5.41, 5.74) is 6.08. The summed E-state index contributed by atoms with van der Waals surface area (Å²) in [6, 6.07) is 19.8. The first kappa shape index (κ1) is 20.4. The summed E-state index contributed by atoms with van der Waals surface area (Å²) in [5.74, 6) is 1.22. The van der Waals surface area contributed by atoms with Crippen molar-refractivity contribution in [2.75, 3.05) is 0 Å². The highest BCUT2D eigenvalue weighted by Gasteiger charge is 2.18. The molecule has 0 N–H and O–H groups in total. The van der Waals surface area contributed by atoms with Crippen molar-refractivity contribution in [2.45, 2.75) is 53.5 Å². The van der Waals surface area contributed by atoms with E-state index in [4.69, 9.17) is 0 Å². The fourth-order valence-electron chi connectivity index (χ4n) is 4.18. The molecule has 0 aliphatic heterocycles. The number of aromatic nitrogens is 1. The maximum Gasteiger partial charge on any atom is 0.123 e. The Labute approximate surface area is 169 Å². The molecule has 1 atom stereocenters. The molecular formula is C26H32FN. The fourth-order valence-corrected chi connectivity index (χ4v) is 4.18. The standard InChI is InChI=1S/C26H32FN/c1-5-24-18-25(21-9-7-6-8-10-21)26(22-11-13-23(27)14-12-22)28(24)16-15-20(4)17-19(2)3/h6-14,18-20H,5,15-17H2,1-4H3. The molecule has 1 nitrogen and oxygen atoms in total. The zero-order valence-electron chi connectivity index (χ0n) is 17.6. The molecule has 3 rings (SSSR count). The SMILES string of the molecule is CCc1cc(-c2ccccc2)c(-c2ccc(F)cc2)n1CCC(C)CC(C)C. The molecule has 0 aliphatic rings. The van der Waals surface area contributed by atoms with Crippen molar-refractivity contribution < 1.29 is 4.39 Å². The summed E-state index contributed by atoms with van der Waals surface area (Å²) in [6.07, 6.45) is 3.39. The van der Waals surface area contributed by atoms with Crippen LogP contribution in [0.2, 0.25) is 0 Å². The second-order valence-electron chi connectivity index (χ2n) is 8.30. The second kappa shape index (κ2) is 9.23. The van der Waals surface area contributed by atoms with E-state index in [0.29, 0.717) is 5.92 Å². The molecule has 148 valence electrons. The van der Waals surface area contributed by atoms with Crippen LogP contribution in [-0.2, 0) is 13.0 Å². The van der Waals surface area contributed by atoms with E-state index in [0.717, 1.165) is 30.9 Å². The number of halogens is 1. The summed E-state index contributed by atoms with van der Waals surface area (Å²) in [4.78, 5) is 0. The molecule has 0 saturated carbocycles. The molecule has 28 heavy (non-hydrogen) atoms. The van der Waals surface area contributed by atoms with E-state index in [1.165, 1.54) is 28.9 Å². The molecule has 2 aromatic carbocycles. The summed E-state index contributed by atoms with van der Waals surface area (Å²) < 4.78 is 16.0. The van der Waals surface area contributed by atoms with Crippen LogP contribution in [0, 0.1) is 17.7 Å². The van der Waals surface area contributed by atoms with Crippen LogP contribution in [0.15, 0.2) is 60.7 Å². The molecule has 0 spiro atoms. The van der Waals surface area contributed by atoms with Crippen molar-refractivity contribution in [3.8, 4) is 22.4 Å². The number of benzene rings is 2. The van der Waals surface area contributed by atoms with Crippen LogP contribution in [0.1, 0.15) is 46.2 Å². The Kier molecular flexibility index (Phi) is 6.72. The lowest BCUT2D eigenvalue weighted by Gasteiger charge is -2.18. The smallest absolute Gasteiger partial charge is 0.123 e. The van der Waals surface area contributed by atoms with Crippen molar-refractivity contribution in [1.29, 1.82) is 0 Å². The molecule has 0 bridgehead atoms. The van der Waals surface area contributed by atoms with E-state index >= 15 is 0 Å². The van der Waals surface area contributed by atoms with Crippen molar-refractivity contribution in [1.82, 2.24) is 4.57 Å². The minimum absolute atomic E-state index is 0.190. The van der Waals surface area contributed by atoms with Gasteiger partial charge in [0.2, 0.25) is 0 Å². The summed E-state index contributed by atoms with van der Waals surface area (Å²) >= 11 is 0. The molecule has 1 heterocycles. The van der Waals surface area contributed by atoms with E-state index < -0.39 is 0 Å². The third kappa shape index (κ3) is 4.73. The Morgan fingerprint density at radius 2 is 1.57 bits per heavy atom. The maximum absolute atomic E-state index is 13.6. The van der Waals surface area contributed by atoms with Gasteiger partial charge in [0.05, 0.1) is 5.69 Å². The number of rotatable bonds is 8. The molecule has 0 amide bonds. The van der Waals surface area contributed by atoms with Crippen LogP contribution in [0.4, 0.5) is 4.39 Å². The second-order valence-corrected chi connectivity index (χ2v) is 8.30. The van der Waals surface area contributed by atoms with E-state index in [1.807, 2.05) is 18.2 Å². The van der Waals surface area contributed by atoms with Crippen LogP contribution < -0.4 is 0 Å². The van der Waals surface area contributed by atoms with Gasteiger partial charge in [0.25, 0.3) is 0 Å². The van der Waals surface area contributed by atoms with Gasteiger partial charge in [-0.1, -0.05) is 58.0 Å². The van der Waals surface area contributed by atoms with Gasteiger partial charge in [-0.05, 0) is 72.6 Å². The van der Waals surface area contributed by atoms with Gasteiger partial charge in [-0.2, -0.15) is 0 Å².